The van der Waals surface area contributed by atoms with Crippen molar-refractivity contribution in [2.24, 2.45) is 0 Å². The summed E-state index contributed by atoms with van der Waals surface area (Å²) in [6.07, 6.45) is 1.89. The molecule has 3 aromatic heterocycles. The molecule has 278 valence electrons. The van der Waals surface area contributed by atoms with Gasteiger partial charge in [0.25, 0.3) is 0 Å². The van der Waals surface area contributed by atoms with Gasteiger partial charge in [0.1, 0.15) is 11.6 Å². The lowest BCUT2D eigenvalue weighted by Gasteiger charge is -2.13. The van der Waals surface area contributed by atoms with Gasteiger partial charge in [-0.1, -0.05) is 127 Å². The second-order valence-corrected chi connectivity index (χ2v) is 14.8. The first-order chi connectivity index (χ1) is 29.2. The van der Waals surface area contributed by atoms with Gasteiger partial charge in [0.05, 0.1) is 33.3 Å². The van der Waals surface area contributed by atoms with Crippen molar-refractivity contribution in [2.45, 2.75) is 0 Å². The Kier molecular flexibility index (Phi) is 8.23. The van der Waals surface area contributed by atoms with Gasteiger partial charge < -0.3 is 9.67 Å². The zero-order valence-corrected chi connectivity index (χ0v) is 31.9. The minimum absolute atomic E-state index is 0.157. The molecule has 0 atom stereocenters. The van der Waals surface area contributed by atoms with Crippen LogP contribution in [0.15, 0.2) is 212 Å². The number of aromatic hydroxyl groups is 1. The van der Waals surface area contributed by atoms with Crippen molar-refractivity contribution in [2.75, 3.05) is 0 Å². The molecule has 0 amide bonds. The van der Waals surface area contributed by atoms with Crippen molar-refractivity contribution in [3.63, 3.8) is 0 Å². The predicted octanol–water partition coefficient (Wildman–Crippen LogP) is 13.6. The van der Waals surface area contributed by atoms with Gasteiger partial charge in [-0.25, -0.2) is 4.98 Å². The van der Waals surface area contributed by atoms with Crippen LogP contribution in [0.2, 0.25) is 0 Å². The molecule has 0 aliphatic carbocycles. The number of phenolic OH excluding ortho intramolecular Hbond substituents is 1. The summed E-state index contributed by atoms with van der Waals surface area (Å²) in [5, 5.41) is 14.2. The smallest absolute Gasteiger partial charge is 0.149 e. The van der Waals surface area contributed by atoms with Gasteiger partial charge in [-0.2, -0.15) is 0 Å². The number of para-hydroxylation sites is 4. The molecule has 5 nitrogen and oxygen atoms in total. The molecular weight excluding hydrogens is 721 g/mol. The average Bonchev–Trinajstić information content (AvgIpc) is 3.85. The van der Waals surface area contributed by atoms with Gasteiger partial charge in [-0.15, -0.1) is 0 Å². The maximum Gasteiger partial charge on any atom is 0.149 e. The Morgan fingerprint density at radius 3 is 1.69 bits per heavy atom. The maximum atomic E-state index is 12.1. The molecule has 0 aliphatic heterocycles. The molecule has 8 aromatic carbocycles. The van der Waals surface area contributed by atoms with Crippen LogP contribution in [0.25, 0.3) is 100 Å². The first-order valence-electron chi connectivity index (χ1n) is 19.8. The van der Waals surface area contributed by atoms with Crippen molar-refractivity contribution in [3.05, 3.63) is 212 Å². The van der Waals surface area contributed by atoms with Crippen molar-refractivity contribution in [3.8, 4) is 73.2 Å². The van der Waals surface area contributed by atoms with E-state index in [1.165, 1.54) is 0 Å². The van der Waals surface area contributed by atoms with Crippen molar-refractivity contribution in [1.29, 1.82) is 0 Å². The lowest BCUT2D eigenvalue weighted by Crippen LogP contribution is -1.98. The zero-order chi connectivity index (χ0) is 39.3. The summed E-state index contributed by atoms with van der Waals surface area (Å²) in [5.74, 6) is 0.815. The number of rotatable bonds is 7. The van der Waals surface area contributed by atoms with E-state index in [9.17, 15) is 5.11 Å². The Hall–Kier alpha value is -8.02. The number of pyridine rings is 1. The number of imidazole rings is 1. The van der Waals surface area contributed by atoms with Crippen LogP contribution in [0.3, 0.4) is 0 Å². The fourth-order valence-corrected chi connectivity index (χ4v) is 8.52. The molecule has 0 spiro atoms. The fraction of sp³-hybridized carbons (Fsp3) is 0. The lowest BCUT2D eigenvalue weighted by molar-refractivity contribution is 0.477. The van der Waals surface area contributed by atoms with Crippen LogP contribution in [0, 0.1) is 0 Å². The maximum absolute atomic E-state index is 12.1. The van der Waals surface area contributed by atoms with E-state index in [-0.39, 0.29) is 5.75 Å². The minimum atomic E-state index is 0.157. The fourth-order valence-electron chi connectivity index (χ4n) is 8.52. The highest BCUT2D eigenvalue weighted by atomic mass is 16.3. The van der Waals surface area contributed by atoms with Crippen LogP contribution in [-0.2, 0) is 0 Å². The topological polar surface area (TPSA) is 55.9 Å². The standard InChI is InChI=1S/C54H36N4O/c59-52-35-51-46(45-24-13-14-26-49(45)57(51)42-20-9-3-10-21-42)34-47(52)54-56-53-44(25-15-27-50(53)58(54)43-22-11-4-12-23-43)40-30-39(37-18-7-2-8-19-37)31-41(32-40)48-33-38(28-29-55-48)36-16-5-1-6-17-36/h1-35,59H. The average molecular weight is 757 g/mol. The Labute approximate surface area is 341 Å². The number of hydrogen-bond donors (Lipinski definition) is 1. The van der Waals surface area contributed by atoms with E-state index in [0.29, 0.717) is 11.4 Å². The molecule has 0 bridgehead atoms. The van der Waals surface area contributed by atoms with Gasteiger partial charge >= 0.3 is 0 Å². The molecular formula is C54H36N4O. The number of fused-ring (bicyclic) bond motifs is 4. The van der Waals surface area contributed by atoms with Crippen LogP contribution in [0.4, 0.5) is 0 Å². The number of phenols is 1. The first kappa shape index (κ1) is 34.2. The van der Waals surface area contributed by atoms with E-state index in [2.05, 4.69) is 161 Å². The highest BCUT2D eigenvalue weighted by Gasteiger charge is 2.23. The Balaban J connectivity index is 1.15. The monoisotopic (exact) mass is 756 g/mol. The summed E-state index contributed by atoms with van der Waals surface area (Å²) >= 11 is 0. The molecule has 0 saturated carbocycles. The Morgan fingerprint density at radius 2 is 0.966 bits per heavy atom. The van der Waals surface area contributed by atoms with Gasteiger partial charge in [0.15, 0.2) is 0 Å². The Morgan fingerprint density at radius 1 is 0.373 bits per heavy atom. The molecule has 0 unspecified atom stereocenters. The normalized spacial score (nSPS) is 11.5. The highest BCUT2D eigenvalue weighted by Crippen LogP contribution is 2.43. The number of aromatic nitrogens is 4. The van der Waals surface area contributed by atoms with E-state index >= 15 is 0 Å². The van der Waals surface area contributed by atoms with Crippen molar-refractivity contribution < 1.29 is 5.11 Å². The second kappa shape index (κ2) is 14.2. The van der Waals surface area contributed by atoms with Gasteiger partial charge in [-0.05, 0) is 101 Å². The minimum Gasteiger partial charge on any atom is -0.507 e. The van der Waals surface area contributed by atoms with Crippen LogP contribution < -0.4 is 0 Å². The summed E-state index contributed by atoms with van der Waals surface area (Å²) < 4.78 is 4.39. The van der Waals surface area contributed by atoms with Crippen LogP contribution in [0.1, 0.15) is 0 Å². The molecule has 1 N–H and O–H groups in total. The summed E-state index contributed by atoms with van der Waals surface area (Å²) in [5.41, 5.74) is 14.8. The predicted molar refractivity (Wildman–Crippen MR) is 242 cm³/mol. The first-order valence-corrected chi connectivity index (χ1v) is 19.8. The number of hydrogen-bond acceptors (Lipinski definition) is 3. The molecule has 0 radical (unpaired) electrons. The van der Waals surface area contributed by atoms with Crippen LogP contribution >= 0.6 is 0 Å². The van der Waals surface area contributed by atoms with Gasteiger partial charge in [0.2, 0.25) is 0 Å². The lowest BCUT2D eigenvalue weighted by atomic mass is 9.93. The molecule has 11 aromatic rings. The molecule has 0 saturated heterocycles. The van der Waals surface area contributed by atoms with E-state index in [0.717, 1.165) is 88.9 Å². The van der Waals surface area contributed by atoms with Crippen molar-refractivity contribution >= 4 is 32.8 Å². The van der Waals surface area contributed by atoms with Crippen LogP contribution in [0.5, 0.6) is 5.75 Å². The van der Waals surface area contributed by atoms with E-state index in [1.807, 2.05) is 60.8 Å². The quantitative estimate of drug-likeness (QED) is 0.176. The molecule has 3 heterocycles. The highest BCUT2D eigenvalue weighted by molar-refractivity contribution is 6.11. The number of benzene rings is 8. The Bertz CT molecular complexity index is 3320. The summed E-state index contributed by atoms with van der Waals surface area (Å²) in [6.45, 7) is 0. The second-order valence-electron chi connectivity index (χ2n) is 14.8. The van der Waals surface area contributed by atoms with Crippen molar-refractivity contribution in [1.82, 2.24) is 19.1 Å². The zero-order valence-electron chi connectivity index (χ0n) is 31.9. The van der Waals surface area contributed by atoms with E-state index in [4.69, 9.17) is 9.97 Å². The molecule has 5 heteroatoms. The van der Waals surface area contributed by atoms with Gasteiger partial charge in [0, 0.05) is 45.5 Å². The molecule has 0 aliphatic rings. The molecule has 11 rings (SSSR count). The van der Waals surface area contributed by atoms with Crippen LogP contribution in [-0.4, -0.2) is 24.2 Å². The van der Waals surface area contributed by atoms with E-state index < -0.39 is 0 Å². The molecule has 0 fully saturated rings. The third kappa shape index (κ3) is 5.96. The summed E-state index contributed by atoms with van der Waals surface area (Å²) in [7, 11) is 0. The third-order valence-corrected chi connectivity index (χ3v) is 11.3. The molecule has 59 heavy (non-hydrogen) atoms. The van der Waals surface area contributed by atoms with E-state index in [1.54, 1.807) is 0 Å². The third-order valence-electron chi connectivity index (χ3n) is 11.3. The largest absolute Gasteiger partial charge is 0.507 e. The summed E-state index contributed by atoms with van der Waals surface area (Å²) in [6, 6.07) is 71.2. The SMILES string of the molecule is Oc1cc2c(cc1-c1nc3c(-c4cc(-c5ccccc5)cc(-c5cc(-c6ccccc6)ccn5)c4)cccc3n1-c1ccccc1)c1ccccc1n2-c1ccccc1. The summed E-state index contributed by atoms with van der Waals surface area (Å²) in [4.78, 5) is 10.4. The number of nitrogens with zero attached hydrogens (tertiary/aromatic N) is 4. The van der Waals surface area contributed by atoms with Gasteiger partial charge in [-0.3, -0.25) is 9.55 Å².